The Hall–Kier alpha value is -2.52. The van der Waals surface area contributed by atoms with Crippen molar-refractivity contribution in [2.75, 3.05) is 6.54 Å². The lowest BCUT2D eigenvalue weighted by atomic mass is 10.00. The van der Waals surface area contributed by atoms with Gasteiger partial charge < -0.3 is 5.32 Å². The molecule has 1 aromatic heterocycles. The molecule has 0 saturated carbocycles. The minimum absolute atomic E-state index is 0.779. The van der Waals surface area contributed by atoms with Gasteiger partial charge in [-0.1, -0.05) is 60.7 Å². The molecule has 0 atom stereocenters. The van der Waals surface area contributed by atoms with E-state index in [0.717, 1.165) is 37.4 Å². The Kier molecular flexibility index (Phi) is 3.86. The summed E-state index contributed by atoms with van der Waals surface area (Å²) >= 11 is 0. The maximum absolute atomic E-state index is 4.90. The Labute approximate surface area is 136 Å². The summed E-state index contributed by atoms with van der Waals surface area (Å²) < 4.78 is 0. The van der Waals surface area contributed by atoms with Crippen LogP contribution < -0.4 is 5.32 Å². The fraction of sp³-hybridized carbons (Fsp3) is 0.200. The van der Waals surface area contributed by atoms with Crippen LogP contribution in [0.15, 0.2) is 60.7 Å². The van der Waals surface area contributed by atoms with Crippen LogP contribution in [-0.4, -0.2) is 16.5 Å². The molecule has 2 heterocycles. The first-order valence-electron chi connectivity index (χ1n) is 8.09. The van der Waals surface area contributed by atoms with Crippen LogP contribution in [0.3, 0.4) is 0 Å². The lowest BCUT2D eigenvalue weighted by Crippen LogP contribution is -2.26. The molecule has 0 saturated heterocycles. The molecule has 0 spiro atoms. The third-order valence-electron chi connectivity index (χ3n) is 4.23. The maximum atomic E-state index is 4.90. The van der Waals surface area contributed by atoms with Crippen molar-refractivity contribution >= 4 is 0 Å². The SMILES string of the molecule is c1ccc(Cc2nc3c(c(-c4ccccc4)n2)CNCC3)cc1. The Balaban J connectivity index is 1.79. The third kappa shape index (κ3) is 3.01. The van der Waals surface area contributed by atoms with Gasteiger partial charge in [0, 0.05) is 37.1 Å². The first-order valence-corrected chi connectivity index (χ1v) is 8.09. The number of nitrogens with zero attached hydrogens (tertiary/aromatic N) is 2. The summed E-state index contributed by atoms with van der Waals surface area (Å²) in [5.41, 5.74) is 5.95. The van der Waals surface area contributed by atoms with Crippen molar-refractivity contribution in [2.45, 2.75) is 19.4 Å². The molecule has 1 aliphatic heterocycles. The van der Waals surface area contributed by atoms with Crippen molar-refractivity contribution in [2.24, 2.45) is 0 Å². The molecule has 2 aromatic carbocycles. The Bertz CT molecular complexity index is 798. The van der Waals surface area contributed by atoms with Gasteiger partial charge in [0.05, 0.1) is 11.4 Å². The van der Waals surface area contributed by atoms with E-state index in [9.17, 15) is 0 Å². The minimum Gasteiger partial charge on any atom is -0.312 e. The van der Waals surface area contributed by atoms with E-state index in [1.807, 2.05) is 12.1 Å². The fourth-order valence-electron chi connectivity index (χ4n) is 3.09. The summed E-state index contributed by atoms with van der Waals surface area (Å²) in [6, 6.07) is 20.9. The monoisotopic (exact) mass is 301 g/mol. The lowest BCUT2D eigenvalue weighted by molar-refractivity contribution is 0.623. The smallest absolute Gasteiger partial charge is 0.133 e. The van der Waals surface area contributed by atoms with Crippen LogP contribution in [0, 0.1) is 0 Å². The highest BCUT2D eigenvalue weighted by atomic mass is 14.9. The second-order valence-corrected chi connectivity index (χ2v) is 5.87. The lowest BCUT2D eigenvalue weighted by Gasteiger charge is -2.20. The van der Waals surface area contributed by atoms with E-state index in [1.165, 1.54) is 22.4 Å². The number of benzene rings is 2. The van der Waals surface area contributed by atoms with Gasteiger partial charge in [-0.05, 0) is 5.56 Å². The molecule has 0 bridgehead atoms. The zero-order valence-corrected chi connectivity index (χ0v) is 13.0. The van der Waals surface area contributed by atoms with Crippen LogP contribution in [0.25, 0.3) is 11.3 Å². The Morgan fingerprint density at radius 2 is 1.61 bits per heavy atom. The molecule has 0 radical (unpaired) electrons. The average Bonchev–Trinajstić information content (AvgIpc) is 2.63. The first kappa shape index (κ1) is 14.1. The standard InChI is InChI=1S/C20H19N3/c1-3-7-15(8-4-1)13-19-22-18-11-12-21-14-17(18)20(23-19)16-9-5-2-6-10-16/h1-10,21H,11-14H2. The first-order chi connectivity index (χ1) is 11.4. The summed E-state index contributed by atoms with van der Waals surface area (Å²) in [6.07, 6.45) is 1.75. The highest BCUT2D eigenvalue weighted by Crippen LogP contribution is 2.26. The van der Waals surface area contributed by atoms with Crippen molar-refractivity contribution in [3.05, 3.63) is 83.3 Å². The van der Waals surface area contributed by atoms with E-state index in [0.29, 0.717) is 0 Å². The Morgan fingerprint density at radius 3 is 2.39 bits per heavy atom. The number of hydrogen-bond donors (Lipinski definition) is 1. The average molecular weight is 301 g/mol. The molecule has 114 valence electrons. The predicted molar refractivity (Wildman–Crippen MR) is 92.1 cm³/mol. The fourth-order valence-corrected chi connectivity index (χ4v) is 3.09. The van der Waals surface area contributed by atoms with Crippen LogP contribution in [0.2, 0.25) is 0 Å². The number of fused-ring (bicyclic) bond motifs is 1. The van der Waals surface area contributed by atoms with Gasteiger partial charge in [0.1, 0.15) is 5.82 Å². The molecule has 3 heteroatoms. The van der Waals surface area contributed by atoms with E-state index < -0.39 is 0 Å². The van der Waals surface area contributed by atoms with Crippen LogP contribution in [0.1, 0.15) is 22.6 Å². The van der Waals surface area contributed by atoms with Gasteiger partial charge in [-0.2, -0.15) is 0 Å². The van der Waals surface area contributed by atoms with E-state index in [2.05, 4.69) is 53.8 Å². The predicted octanol–water partition coefficient (Wildman–Crippen LogP) is 3.38. The van der Waals surface area contributed by atoms with Crippen molar-refractivity contribution in [1.82, 2.24) is 15.3 Å². The summed E-state index contributed by atoms with van der Waals surface area (Å²) in [7, 11) is 0. The van der Waals surface area contributed by atoms with Crippen LogP contribution >= 0.6 is 0 Å². The minimum atomic E-state index is 0.779. The second-order valence-electron chi connectivity index (χ2n) is 5.87. The molecule has 0 fully saturated rings. The van der Waals surface area contributed by atoms with E-state index in [1.54, 1.807) is 0 Å². The number of rotatable bonds is 3. The molecule has 3 nitrogen and oxygen atoms in total. The molecule has 1 aliphatic rings. The summed E-state index contributed by atoms with van der Waals surface area (Å²) in [4.78, 5) is 9.74. The molecule has 4 rings (SSSR count). The van der Waals surface area contributed by atoms with Crippen LogP contribution in [0.5, 0.6) is 0 Å². The van der Waals surface area contributed by atoms with Crippen molar-refractivity contribution in [3.8, 4) is 11.3 Å². The number of aromatic nitrogens is 2. The van der Waals surface area contributed by atoms with Crippen LogP contribution in [-0.2, 0) is 19.4 Å². The highest BCUT2D eigenvalue weighted by Gasteiger charge is 2.18. The number of nitrogens with one attached hydrogen (secondary N) is 1. The van der Waals surface area contributed by atoms with Gasteiger partial charge in [-0.25, -0.2) is 9.97 Å². The Morgan fingerprint density at radius 1 is 0.870 bits per heavy atom. The molecule has 0 unspecified atom stereocenters. The second kappa shape index (κ2) is 6.31. The van der Waals surface area contributed by atoms with Crippen molar-refractivity contribution in [1.29, 1.82) is 0 Å². The maximum Gasteiger partial charge on any atom is 0.133 e. The zero-order chi connectivity index (χ0) is 15.5. The van der Waals surface area contributed by atoms with Gasteiger partial charge in [0.25, 0.3) is 0 Å². The van der Waals surface area contributed by atoms with Gasteiger partial charge >= 0.3 is 0 Å². The summed E-state index contributed by atoms with van der Waals surface area (Å²) in [6.45, 7) is 1.84. The molecule has 23 heavy (non-hydrogen) atoms. The molecule has 0 amide bonds. The van der Waals surface area contributed by atoms with Gasteiger partial charge in [0.2, 0.25) is 0 Å². The molecule has 0 aliphatic carbocycles. The molecule has 3 aromatic rings. The van der Waals surface area contributed by atoms with Crippen molar-refractivity contribution < 1.29 is 0 Å². The van der Waals surface area contributed by atoms with Crippen LogP contribution in [0.4, 0.5) is 0 Å². The van der Waals surface area contributed by atoms with Gasteiger partial charge in [-0.15, -0.1) is 0 Å². The molecule has 1 N–H and O–H groups in total. The normalized spacial score (nSPS) is 13.6. The van der Waals surface area contributed by atoms with E-state index >= 15 is 0 Å². The molecular weight excluding hydrogens is 282 g/mol. The summed E-state index contributed by atoms with van der Waals surface area (Å²) in [5.74, 6) is 0.913. The largest absolute Gasteiger partial charge is 0.312 e. The van der Waals surface area contributed by atoms with E-state index in [-0.39, 0.29) is 0 Å². The summed E-state index contributed by atoms with van der Waals surface area (Å²) in [5, 5.41) is 3.44. The quantitative estimate of drug-likeness (QED) is 0.806. The van der Waals surface area contributed by atoms with Gasteiger partial charge in [-0.3, -0.25) is 0 Å². The third-order valence-corrected chi connectivity index (χ3v) is 4.23. The van der Waals surface area contributed by atoms with Crippen molar-refractivity contribution in [3.63, 3.8) is 0 Å². The number of hydrogen-bond acceptors (Lipinski definition) is 3. The highest BCUT2D eigenvalue weighted by molar-refractivity contribution is 5.64. The van der Waals surface area contributed by atoms with Gasteiger partial charge in [0.15, 0.2) is 0 Å². The zero-order valence-electron chi connectivity index (χ0n) is 13.0. The van der Waals surface area contributed by atoms with E-state index in [4.69, 9.17) is 9.97 Å². The topological polar surface area (TPSA) is 37.8 Å². The molecular formula is C20H19N3.